The van der Waals surface area contributed by atoms with E-state index in [-0.39, 0.29) is 5.91 Å². The van der Waals surface area contributed by atoms with Gasteiger partial charge in [-0.1, -0.05) is 13.8 Å². The average Bonchev–Trinajstić information content (AvgIpc) is 2.89. The fraction of sp³-hybridized carbons (Fsp3) is 0.750. The second-order valence-electron chi connectivity index (χ2n) is 5.16. The second-order valence-corrected chi connectivity index (χ2v) is 5.16. The summed E-state index contributed by atoms with van der Waals surface area (Å²) in [7, 11) is 0. The van der Waals surface area contributed by atoms with Crippen molar-refractivity contribution >= 4 is 5.91 Å². The normalized spacial score (nSPS) is 20.4. The van der Waals surface area contributed by atoms with E-state index in [9.17, 15) is 4.79 Å². The monoisotopic (exact) mass is 251 g/mol. The maximum absolute atomic E-state index is 12.1. The lowest BCUT2D eigenvalue weighted by atomic mass is 9.97. The highest BCUT2D eigenvalue weighted by molar-refractivity contribution is 5.90. The SMILES string of the molecule is CC(C)NCC1CCCN(C(=O)c2ncn[nH]2)C1. The lowest BCUT2D eigenvalue weighted by Crippen LogP contribution is -2.44. The molecule has 6 heteroatoms. The standard InChI is InChI=1S/C12H21N5O/c1-9(2)13-6-10-4-3-5-17(7-10)12(18)11-14-8-15-16-11/h8-10,13H,3-7H2,1-2H3,(H,14,15,16). The van der Waals surface area contributed by atoms with E-state index in [0.717, 1.165) is 26.1 Å². The number of aromatic nitrogens is 3. The summed E-state index contributed by atoms with van der Waals surface area (Å²) >= 11 is 0. The topological polar surface area (TPSA) is 73.9 Å². The molecule has 0 radical (unpaired) electrons. The number of nitrogens with zero attached hydrogens (tertiary/aromatic N) is 3. The molecule has 0 saturated carbocycles. The number of rotatable bonds is 4. The smallest absolute Gasteiger partial charge is 0.291 e. The van der Waals surface area contributed by atoms with Crippen LogP contribution >= 0.6 is 0 Å². The fourth-order valence-corrected chi connectivity index (χ4v) is 2.28. The lowest BCUT2D eigenvalue weighted by molar-refractivity contribution is 0.0660. The van der Waals surface area contributed by atoms with Gasteiger partial charge in [0.2, 0.25) is 5.82 Å². The van der Waals surface area contributed by atoms with Gasteiger partial charge in [-0.2, -0.15) is 5.10 Å². The Morgan fingerprint density at radius 3 is 3.17 bits per heavy atom. The van der Waals surface area contributed by atoms with Gasteiger partial charge < -0.3 is 10.2 Å². The van der Waals surface area contributed by atoms with Gasteiger partial charge in [0.25, 0.3) is 5.91 Å². The first-order valence-corrected chi connectivity index (χ1v) is 6.55. The van der Waals surface area contributed by atoms with Gasteiger partial charge in [0.15, 0.2) is 0 Å². The molecule has 0 bridgehead atoms. The van der Waals surface area contributed by atoms with Gasteiger partial charge in [-0.15, -0.1) is 0 Å². The number of piperidine rings is 1. The van der Waals surface area contributed by atoms with Crippen LogP contribution in [-0.2, 0) is 0 Å². The Kier molecular flexibility index (Phi) is 4.30. The summed E-state index contributed by atoms with van der Waals surface area (Å²) in [6, 6.07) is 0.491. The number of H-pyrrole nitrogens is 1. The largest absolute Gasteiger partial charge is 0.336 e. The van der Waals surface area contributed by atoms with Gasteiger partial charge in [-0.3, -0.25) is 9.89 Å². The van der Waals surface area contributed by atoms with E-state index >= 15 is 0 Å². The van der Waals surface area contributed by atoms with E-state index in [1.165, 1.54) is 12.7 Å². The summed E-state index contributed by atoms with van der Waals surface area (Å²) in [6.45, 7) is 6.87. The van der Waals surface area contributed by atoms with Crippen LogP contribution in [0.3, 0.4) is 0 Å². The number of carbonyl (C=O) groups excluding carboxylic acids is 1. The highest BCUT2D eigenvalue weighted by Crippen LogP contribution is 2.17. The first kappa shape index (κ1) is 13.0. The van der Waals surface area contributed by atoms with E-state index in [2.05, 4.69) is 34.3 Å². The quantitative estimate of drug-likeness (QED) is 0.824. The molecule has 18 heavy (non-hydrogen) atoms. The molecule has 0 aliphatic carbocycles. The van der Waals surface area contributed by atoms with Gasteiger partial charge in [-0.25, -0.2) is 4.98 Å². The van der Waals surface area contributed by atoms with Crippen molar-refractivity contribution in [3.63, 3.8) is 0 Å². The predicted molar refractivity (Wildman–Crippen MR) is 68.1 cm³/mol. The van der Waals surface area contributed by atoms with E-state index in [4.69, 9.17) is 0 Å². The number of carbonyl (C=O) groups is 1. The Morgan fingerprint density at radius 1 is 1.67 bits per heavy atom. The van der Waals surface area contributed by atoms with Crippen molar-refractivity contribution < 1.29 is 4.79 Å². The van der Waals surface area contributed by atoms with Gasteiger partial charge in [0.1, 0.15) is 6.33 Å². The van der Waals surface area contributed by atoms with Crippen molar-refractivity contribution in [3.05, 3.63) is 12.2 Å². The van der Waals surface area contributed by atoms with E-state index in [0.29, 0.717) is 17.8 Å². The van der Waals surface area contributed by atoms with Gasteiger partial charge in [0, 0.05) is 19.1 Å². The van der Waals surface area contributed by atoms with Crippen LogP contribution in [0.4, 0.5) is 0 Å². The van der Waals surface area contributed by atoms with Crippen molar-refractivity contribution in [2.75, 3.05) is 19.6 Å². The minimum absolute atomic E-state index is 0.0400. The number of likely N-dealkylation sites (tertiary alicyclic amines) is 1. The van der Waals surface area contributed by atoms with Crippen molar-refractivity contribution in [1.29, 1.82) is 0 Å². The summed E-state index contributed by atoms with van der Waals surface area (Å²) in [5.41, 5.74) is 0. The lowest BCUT2D eigenvalue weighted by Gasteiger charge is -2.32. The molecule has 1 aromatic heterocycles. The molecule has 6 nitrogen and oxygen atoms in total. The highest BCUT2D eigenvalue weighted by atomic mass is 16.2. The van der Waals surface area contributed by atoms with Crippen LogP contribution in [0.5, 0.6) is 0 Å². The van der Waals surface area contributed by atoms with Crippen molar-refractivity contribution in [1.82, 2.24) is 25.4 Å². The van der Waals surface area contributed by atoms with Crippen molar-refractivity contribution in [2.45, 2.75) is 32.7 Å². The number of aromatic amines is 1. The average molecular weight is 251 g/mol. The zero-order valence-electron chi connectivity index (χ0n) is 11.0. The molecular weight excluding hydrogens is 230 g/mol. The maximum atomic E-state index is 12.1. The Balaban J connectivity index is 1.88. The molecule has 2 N–H and O–H groups in total. The summed E-state index contributed by atoms with van der Waals surface area (Å²) in [5.74, 6) is 0.835. The second kappa shape index (κ2) is 5.95. The summed E-state index contributed by atoms with van der Waals surface area (Å²) < 4.78 is 0. The van der Waals surface area contributed by atoms with Crippen LogP contribution in [0.15, 0.2) is 6.33 Å². The molecule has 1 fully saturated rings. The van der Waals surface area contributed by atoms with Gasteiger partial charge in [0.05, 0.1) is 0 Å². The highest BCUT2D eigenvalue weighted by Gasteiger charge is 2.25. The molecule has 1 unspecified atom stereocenters. The zero-order valence-corrected chi connectivity index (χ0v) is 11.0. The molecule has 1 aliphatic heterocycles. The molecule has 1 atom stereocenters. The van der Waals surface area contributed by atoms with Crippen LogP contribution in [0.25, 0.3) is 0 Å². The Labute approximate surface area is 107 Å². The minimum atomic E-state index is -0.0400. The number of amides is 1. The first-order chi connectivity index (χ1) is 8.66. The maximum Gasteiger partial charge on any atom is 0.291 e. The van der Waals surface area contributed by atoms with Gasteiger partial charge >= 0.3 is 0 Å². The van der Waals surface area contributed by atoms with E-state index < -0.39 is 0 Å². The molecule has 100 valence electrons. The van der Waals surface area contributed by atoms with Crippen LogP contribution in [0.2, 0.25) is 0 Å². The molecule has 1 amide bonds. The van der Waals surface area contributed by atoms with Gasteiger partial charge in [-0.05, 0) is 25.3 Å². The van der Waals surface area contributed by atoms with E-state index in [1.54, 1.807) is 0 Å². The van der Waals surface area contributed by atoms with Crippen molar-refractivity contribution in [2.24, 2.45) is 5.92 Å². The summed E-state index contributed by atoms with van der Waals surface area (Å²) in [5, 5.41) is 9.79. The van der Waals surface area contributed by atoms with Crippen molar-refractivity contribution in [3.8, 4) is 0 Å². The third kappa shape index (κ3) is 3.29. The third-order valence-electron chi connectivity index (χ3n) is 3.24. The first-order valence-electron chi connectivity index (χ1n) is 6.55. The predicted octanol–water partition coefficient (Wildman–Crippen LogP) is 0.655. The summed E-state index contributed by atoms with van der Waals surface area (Å²) in [6.07, 6.45) is 3.61. The molecule has 1 aromatic rings. The zero-order chi connectivity index (χ0) is 13.0. The third-order valence-corrected chi connectivity index (χ3v) is 3.24. The van der Waals surface area contributed by atoms with Crippen LogP contribution in [-0.4, -0.2) is 51.7 Å². The molecular formula is C12H21N5O. The summed E-state index contributed by atoms with van der Waals surface area (Å²) in [4.78, 5) is 17.9. The van der Waals surface area contributed by atoms with Crippen LogP contribution in [0.1, 0.15) is 37.3 Å². The molecule has 2 rings (SSSR count). The van der Waals surface area contributed by atoms with Crippen LogP contribution < -0.4 is 5.32 Å². The Bertz CT molecular complexity index is 376. The molecule has 2 heterocycles. The number of hydrogen-bond donors (Lipinski definition) is 2. The fourth-order valence-electron chi connectivity index (χ4n) is 2.28. The molecule has 1 saturated heterocycles. The Hall–Kier alpha value is -1.43. The van der Waals surface area contributed by atoms with E-state index in [1.807, 2.05) is 4.90 Å². The van der Waals surface area contributed by atoms with Crippen LogP contribution in [0, 0.1) is 5.92 Å². The Morgan fingerprint density at radius 2 is 2.50 bits per heavy atom. The molecule has 0 aromatic carbocycles. The molecule has 1 aliphatic rings. The number of nitrogens with one attached hydrogen (secondary N) is 2. The number of hydrogen-bond acceptors (Lipinski definition) is 4. The minimum Gasteiger partial charge on any atom is -0.336 e. The molecule has 0 spiro atoms.